The van der Waals surface area contributed by atoms with E-state index in [1.165, 1.54) is 0 Å². The van der Waals surface area contributed by atoms with E-state index >= 15 is 0 Å². The Morgan fingerprint density at radius 2 is 1.77 bits per heavy atom. The molecule has 0 radical (unpaired) electrons. The number of hydrogen-bond acceptors (Lipinski definition) is 7. The molecule has 1 aromatic rings. The summed E-state index contributed by atoms with van der Waals surface area (Å²) in [6.07, 6.45) is -1.05. The fourth-order valence-electron chi connectivity index (χ4n) is 1.98. The van der Waals surface area contributed by atoms with Gasteiger partial charge in [-0.1, -0.05) is 30.3 Å². The zero-order valence-electron chi connectivity index (χ0n) is 15.4. The Morgan fingerprint density at radius 3 is 2.31 bits per heavy atom. The lowest BCUT2D eigenvalue weighted by Gasteiger charge is -2.20. The molecule has 0 saturated carbocycles. The summed E-state index contributed by atoms with van der Waals surface area (Å²) in [7, 11) is -2.72. The molecule has 0 heterocycles. The lowest BCUT2D eigenvalue weighted by Crippen LogP contribution is -2.43. The SMILES string of the molecule is COC(=O)[C@H](CCS(=O)(=O)OC(C)(C)C)NC(=O)OCc1ccccc1. The molecule has 1 rings (SSSR count). The van der Waals surface area contributed by atoms with Crippen LogP contribution in [-0.4, -0.2) is 45.0 Å². The molecule has 0 bridgehead atoms. The van der Waals surface area contributed by atoms with Gasteiger partial charge in [0.25, 0.3) is 10.1 Å². The summed E-state index contributed by atoms with van der Waals surface area (Å²) in [5.41, 5.74) is -0.111. The van der Waals surface area contributed by atoms with Gasteiger partial charge in [-0.3, -0.25) is 4.18 Å². The summed E-state index contributed by atoms with van der Waals surface area (Å²) in [4.78, 5) is 23.7. The van der Waals surface area contributed by atoms with Crippen LogP contribution < -0.4 is 5.32 Å². The summed E-state index contributed by atoms with van der Waals surface area (Å²) in [5.74, 6) is -1.23. The lowest BCUT2D eigenvalue weighted by atomic mass is 10.2. The summed E-state index contributed by atoms with van der Waals surface area (Å²) in [6.45, 7) is 4.82. The molecule has 9 heteroatoms. The van der Waals surface area contributed by atoms with Gasteiger partial charge in [0.15, 0.2) is 0 Å². The van der Waals surface area contributed by atoms with Gasteiger partial charge in [0.2, 0.25) is 0 Å². The zero-order valence-corrected chi connectivity index (χ0v) is 16.2. The fourth-order valence-corrected chi connectivity index (χ4v) is 3.35. The highest BCUT2D eigenvalue weighted by Gasteiger charge is 2.27. The first-order valence-electron chi connectivity index (χ1n) is 8.01. The summed E-state index contributed by atoms with van der Waals surface area (Å²) < 4.78 is 38.5. The second kappa shape index (κ2) is 9.54. The van der Waals surface area contributed by atoms with Gasteiger partial charge in [0, 0.05) is 0 Å². The van der Waals surface area contributed by atoms with E-state index in [1.54, 1.807) is 45.0 Å². The van der Waals surface area contributed by atoms with Crippen molar-refractivity contribution in [2.45, 2.75) is 45.4 Å². The summed E-state index contributed by atoms with van der Waals surface area (Å²) in [5, 5.41) is 2.32. The van der Waals surface area contributed by atoms with Crippen LogP contribution in [0.15, 0.2) is 30.3 Å². The van der Waals surface area contributed by atoms with Crippen LogP contribution in [0.1, 0.15) is 32.8 Å². The molecule has 0 unspecified atom stereocenters. The van der Waals surface area contributed by atoms with Gasteiger partial charge in [-0.25, -0.2) is 9.59 Å². The van der Waals surface area contributed by atoms with E-state index in [9.17, 15) is 18.0 Å². The minimum Gasteiger partial charge on any atom is -0.467 e. The van der Waals surface area contributed by atoms with Crippen LogP contribution in [0.2, 0.25) is 0 Å². The van der Waals surface area contributed by atoms with Gasteiger partial charge in [0.05, 0.1) is 18.5 Å². The first-order valence-corrected chi connectivity index (χ1v) is 9.58. The molecule has 1 N–H and O–H groups in total. The summed E-state index contributed by atoms with van der Waals surface area (Å²) >= 11 is 0. The number of carbonyl (C=O) groups is 2. The van der Waals surface area contributed by atoms with E-state index in [4.69, 9.17) is 8.92 Å². The predicted molar refractivity (Wildman–Crippen MR) is 94.8 cm³/mol. The van der Waals surface area contributed by atoms with Crippen LogP contribution in [0, 0.1) is 0 Å². The Kier molecular flexibility index (Phi) is 8.04. The fraction of sp³-hybridized carbons (Fsp3) is 0.529. The van der Waals surface area contributed by atoms with Gasteiger partial charge in [-0.05, 0) is 32.8 Å². The Bertz CT molecular complexity index is 696. The van der Waals surface area contributed by atoms with E-state index in [2.05, 4.69) is 10.1 Å². The van der Waals surface area contributed by atoms with Gasteiger partial charge in [0.1, 0.15) is 12.6 Å². The van der Waals surface area contributed by atoms with Crippen LogP contribution in [0.25, 0.3) is 0 Å². The molecule has 0 fully saturated rings. The molecule has 1 aromatic carbocycles. The smallest absolute Gasteiger partial charge is 0.408 e. The van der Waals surface area contributed by atoms with Crippen molar-refractivity contribution in [3.05, 3.63) is 35.9 Å². The van der Waals surface area contributed by atoms with E-state index < -0.39 is 39.6 Å². The molecule has 26 heavy (non-hydrogen) atoms. The number of rotatable bonds is 8. The molecule has 8 nitrogen and oxygen atoms in total. The number of methoxy groups -OCH3 is 1. The predicted octanol–water partition coefficient (Wildman–Crippen LogP) is 1.99. The molecule has 0 aromatic heterocycles. The van der Waals surface area contributed by atoms with E-state index in [0.717, 1.165) is 12.7 Å². The van der Waals surface area contributed by atoms with Crippen molar-refractivity contribution in [1.82, 2.24) is 5.32 Å². The first kappa shape index (κ1) is 21.9. The quantitative estimate of drug-likeness (QED) is 0.537. The normalized spacial score (nSPS) is 12.9. The number of nitrogens with one attached hydrogen (secondary N) is 1. The maximum Gasteiger partial charge on any atom is 0.408 e. The number of alkyl carbamates (subject to hydrolysis) is 1. The highest BCUT2D eigenvalue weighted by Crippen LogP contribution is 2.13. The van der Waals surface area contributed by atoms with Crippen molar-refractivity contribution >= 4 is 22.2 Å². The van der Waals surface area contributed by atoms with Crippen LogP contribution in [0.4, 0.5) is 4.79 Å². The van der Waals surface area contributed by atoms with E-state index in [1.807, 2.05) is 6.07 Å². The standard InChI is InChI=1S/C17H25NO7S/c1-17(2,3)25-26(21,22)11-10-14(15(19)23-4)18-16(20)24-12-13-8-6-5-7-9-13/h5-9,14H,10-12H2,1-4H3,(H,18,20)/t14-/m0/s1. The van der Waals surface area contributed by atoms with Crippen LogP contribution in [-0.2, 0) is 35.2 Å². The number of ether oxygens (including phenoxy) is 2. The highest BCUT2D eigenvalue weighted by atomic mass is 32.2. The molecule has 1 atom stereocenters. The van der Waals surface area contributed by atoms with Gasteiger partial charge >= 0.3 is 12.1 Å². The van der Waals surface area contributed by atoms with Crippen molar-refractivity contribution in [1.29, 1.82) is 0 Å². The van der Waals surface area contributed by atoms with E-state index in [0.29, 0.717) is 0 Å². The molecular formula is C17H25NO7S. The van der Waals surface area contributed by atoms with Crippen LogP contribution in [0.3, 0.4) is 0 Å². The first-order chi connectivity index (χ1) is 12.0. The Morgan fingerprint density at radius 1 is 1.15 bits per heavy atom. The zero-order chi connectivity index (χ0) is 19.8. The molecule has 0 aliphatic heterocycles. The highest BCUT2D eigenvalue weighted by molar-refractivity contribution is 7.86. The average molecular weight is 387 g/mol. The van der Waals surface area contributed by atoms with Crippen LogP contribution >= 0.6 is 0 Å². The summed E-state index contributed by atoms with van der Waals surface area (Å²) in [6, 6.07) is 7.82. The Balaban J connectivity index is 2.61. The number of esters is 1. The minimum absolute atomic E-state index is 0.0198. The van der Waals surface area contributed by atoms with Gasteiger partial charge < -0.3 is 14.8 Å². The largest absolute Gasteiger partial charge is 0.467 e. The van der Waals surface area contributed by atoms with Crippen molar-refractivity contribution < 1.29 is 31.7 Å². The number of amides is 1. The van der Waals surface area contributed by atoms with Crippen molar-refractivity contribution in [2.75, 3.05) is 12.9 Å². The molecule has 1 amide bonds. The molecule has 0 aliphatic rings. The van der Waals surface area contributed by atoms with Gasteiger partial charge in [-0.15, -0.1) is 0 Å². The Labute approximate surface area is 153 Å². The topological polar surface area (TPSA) is 108 Å². The molecule has 0 spiro atoms. The lowest BCUT2D eigenvalue weighted by molar-refractivity contribution is -0.143. The molecule has 0 aliphatic carbocycles. The van der Waals surface area contributed by atoms with E-state index in [-0.39, 0.29) is 13.0 Å². The Hall–Kier alpha value is -2.13. The maximum atomic E-state index is 11.9. The second-order valence-electron chi connectivity index (χ2n) is 6.53. The third kappa shape index (κ3) is 8.82. The molecule has 0 saturated heterocycles. The van der Waals surface area contributed by atoms with Crippen molar-refractivity contribution in [2.24, 2.45) is 0 Å². The third-order valence-electron chi connectivity index (χ3n) is 3.02. The third-order valence-corrected chi connectivity index (χ3v) is 4.51. The number of carbonyl (C=O) groups excluding carboxylic acids is 2. The number of benzene rings is 1. The number of hydrogen-bond donors (Lipinski definition) is 1. The minimum atomic E-state index is -3.87. The molecule has 146 valence electrons. The average Bonchev–Trinajstić information content (AvgIpc) is 2.54. The van der Waals surface area contributed by atoms with Crippen molar-refractivity contribution in [3.63, 3.8) is 0 Å². The second-order valence-corrected chi connectivity index (χ2v) is 8.22. The monoisotopic (exact) mass is 387 g/mol. The van der Waals surface area contributed by atoms with Gasteiger partial charge in [-0.2, -0.15) is 8.42 Å². The van der Waals surface area contributed by atoms with Crippen molar-refractivity contribution in [3.8, 4) is 0 Å². The van der Waals surface area contributed by atoms with Crippen LogP contribution in [0.5, 0.6) is 0 Å². The maximum absolute atomic E-state index is 11.9. The molecular weight excluding hydrogens is 362 g/mol.